The van der Waals surface area contributed by atoms with E-state index in [1.54, 1.807) is 0 Å². The van der Waals surface area contributed by atoms with E-state index in [-0.39, 0.29) is 11.8 Å². The van der Waals surface area contributed by atoms with Crippen molar-refractivity contribution in [3.8, 4) is 0 Å². The van der Waals surface area contributed by atoms with Crippen molar-refractivity contribution >= 4 is 11.9 Å². The third-order valence-electron chi connectivity index (χ3n) is 8.02. The highest BCUT2D eigenvalue weighted by atomic mass is 16.4. The van der Waals surface area contributed by atoms with Gasteiger partial charge >= 0.3 is 5.97 Å². The lowest BCUT2D eigenvalue weighted by Crippen LogP contribution is -2.46. The summed E-state index contributed by atoms with van der Waals surface area (Å²) in [5.41, 5.74) is 4.73. The van der Waals surface area contributed by atoms with Crippen molar-refractivity contribution in [3.63, 3.8) is 0 Å². The van der Waals surface area contributed by atoms with Gasteiger partial charge in [-0.15, -0.1) is 0 Å². The van der Waals surface area contributed by atoms with E-state index in [0.29, 0.717) is 19.0 Å². The number of rotatable bonds is 5. The second-order valence-corrected chi connectivity index (χ2v) is 10.1. The molecule has 1 aliphatic carbocycles. The van der Waals surface area contributed by atoms with Crippen molar-refractivity contribution in [3.05, 3.63) is 65.0 Å². The molecule has 1 N–H and O–H groups in total. The number of nitrogens with zero attached hydrogens (tertiary/aromatic N) is 3. The first-order chi connectivity index (χ1) is 16.6. The van der Waals surface area contributed by atoms with E-state index in [4.69, 9.17) is 4.98 Å². The molecule has 1 aromatic carbocycles. The molecule has 6 heteroatoms. The third-order valence-corrected chi connectivity index (χ3v) is 8.02. The standard InChI is InChI=1S/C28H35N3O3/c32-27(23-14-16-30(17-15-23)26(28(33)34)22-7-2-1-3-8-22)31-18-12-21(13-19-31)25-11-10-20-6-4-5-9-24(20)29-25/h1-3,7-8,10-11,21,23,26H,4-6,9,12-19H2,(H,33,34)/t26-/m0/s1. The minimum absolute atomic E-state index is 0.000104. The Morgan fingerprint density at radius 2 is 1.59 bits per heavy atom. The van der Waals surface area contributed by atoms with E-state index in [9.17, 15) is 14.7 Å². The summed E-state index contributed by atoms with van der Waals surface area (Å²) in [4.78, 5) is 34.3. The molecule has 2 aromatic rings. The highest BCUT2D eigenvalue weighted by molar-refractivity contribution is 5.79. The molecule has 5 rings (SSSR count). The number of amides is 1. The first kappa shape index (κ1) is 23.0. The molecule has 2 saturated heterocycles. The largest absolute Gasteiger partial charge is 0.480 e. The fraction of sp³-hybridized carbons (Fsp3) is 0.536. The number of aromatic nitrogens is 1. The molecule has 0 unspecified atom stereocenters. The van der Waals surface area contributed by atoms with Gasteiger partial charge in [0.1, 0.15) is 6.04 Å². The minimum atomic E-state index is -0.825. The Bertz CT molecular complexity index is 1010. The number of benzene rings is 1. The molecule has 2 fully saturated rings. The van der Waals surface area contributed by atoms with Crippen LogP contribution in [0.5, 0.6) is 0 Å². The average Bonchev–Trinajstić information content (AvgIpc) is 2.89. The maximum Gasteiger partial charge on any atom is 0.325 e. The van der Waals surface area contributed by atoms with Crippen LogP contribution in [0.1, 0.15) is 73.0 Å². The van der Waals surface area contributed by atoms with Crippen LogP contribution in [0.3, 0.4) is 0 Å². The van der Waals surface area contributed by atoms with Crippen LogP contribution in [0.2, 0.25) is 0 Å². The van der Waals surface area contributed by atoms with Crippen LogP contribution in [0, 0.1) is 5.92 Å². The maximum atomic E-state index is 13.2. The van der Waals surface area contributed by atoms with E-state index < -0.39 is 12.0 Å². The molecule has 0 saturated carbocycles. The molecule has 2 aliphatic heterocycles. The van der Waals surface area contributed by atoms with Gasteiger partial charge in [0.15, 0.2) is 0 Å². The quantitative estimate of drug-likeness (QED) is 0.722. The summed E-state index contributed by atoms with van der Waals surface area (Å²) >= 11 is 0. The number of likely N-dealkylation sites (tertiary alicyclic amines) is 2. The lowest BCUT2D eigenvalue weighted by Gasteiger charge is -2.39. The molecular formula is C28H35N3O3. The third kappa shape index (κ3) is 4.88. The van der Waals surface area contributed by atoms with Crippen LogP contribution in [0.4, 0.5) is 0 Å². The maximum absolute atomic E-state index is 13.2. The molecule has 180 valence electrons. The van der Waals surface area contributed by atoms with E-state index in [1.165, 1.54) is 29.8 Å². The summed E-state index contributed by atoms with van der Waals surface area (Å²) < 4.78 is 0. The molecule has 0 spiro atoms. The highest BCUT2D eigenvalue weighted by Gasteiger charge is 2.35. The number of carbonyl (C=O) groups is 2. The second kappa shape index (κ2) is 10.3. The number of hydrogen-bond donors (Lipinski definition) is 1. The number of carboxylic acids is 1. The van der Waals surface area contributed by atoms with E-state index in [1.807, 2.05) is 40.1 Å². The number of aryl methyl sites for hydroxylation is 2. The zero-order valence-electron chi connectivity index (χ0n) is 19.9. The number of aliphatic carboxylic acids is 1. The Hall–Kier alpha value is -2.73. The fourth-order valence-corrected chi connectivity index (χ4v) is 6.03. The Labute approximate surface area is 202 Å². The number of carboxylic acid groups (broad SMARTS) is 1. The molecule has 34 heavy (non-hydrogen) atoms. The molecule has 1 atom stereocenters. The normalized spacial score (nSPS) is 21.1. The molecule has 1 amide bonds. The lowest BCUT2D eigenvalue weighted by atomic mass is 9.88. The van der Waals surface area contributed by atoms with Gasteiger partial charge in [-0.25, -0.2) is 0 Å². The van der Waals surface area contributed by atoms with Crippen LogP contribution < -0.4 is 0 Å². The molecule has 3 aliphatic rings. The van der Waals surface area contributed by atoms with Gasteiger partial charge in [-0.2, -0.15) is 0 Å². The number of hydrogen-bond acceptors (Lipinski definition) is 4. The van der Waals surface area contributed by atoms with Crippen molar-refractivity contribution in [1.82, 2.24) is 14.8 Å². The molecule has 3 heterocycles. The van der Waals surface area contributed by atoms with Crippen molar-refractivity contribution in [2.45, 2.75) is 63.3 Å². The average molecular weight is 462 g/mol. The van der Waals surface area contributed by atoms with Crippen molar-refractivity contribution in [1.29, 1.82) is 0 Å². The smallest absolute Gasteiger partial charge is 0.325 e. The number of piperidine rings is 2. The highest BCUT2D eigenvalue weighted by Crippen LogP contribution is 2.32. The Morgan fingerprint density at radius 1 is 0.882 bits per heavy atom. The Balaban J connectivity index is 1.14. The summed E-state index contributed by atoms with van der Waals surface area (Å²) in [7, 11) is 0. The van der Waals surface area contributed by atoms with E-state index >= 15 is 0 Å². The Kier molecular flexibility index (Phi) is 6.95. The summed E-state index contributed by atoms with van der Waals surface area (Å²) in [5, 5.41) is 9.82. The first-order valence-corrected chi connectivity index (χ1v) is 12.9. The summed E-state index contributed by atoms with van der Waals surface area (Å²) in [6, 6.07) is 13.3. The first-order valence-electron chi connectivity index (χ1n) is 12.9. The van der Waals surface area contributed by atoms with Crippen LogP contribution >= 0.6 is 0 Å². The summed E-state index contributed by atoms with van der Waals surface area (Å²) in [6.07, 6.45) is 8.18. The predicted octanol–water partition coefficient (Wildman–Crippen LogP) is 4.20. The van der Waals surface area contributed by atoms with Gasteiger partial charge in [0.25, 0.3) is 0 Å². The topological polar surface area (TPSA) is 73.7 Å². The van der Waals surface area contributed by atoms with E-state index in [2.05, 4.69) is 12.1 Å². The number of fused-ring (bicyclic) bond motifs is 1. The SMILES string of the molecule is O=C(O)[C@H](c1ccccc1)N1CCC(C(=O)N2CCC(c3ccc4c(n3)CCCC4)CC2)CC1. The molecule has 0 bridgehead atoms. The summed E-state index contributed by atoms with van der Waals surface area (Å²) in [6.45, 7) is 2.87. The van der Waals surface area contributed by atoms with Crippen molar-refractivity contribution < 1.29 is 14.7 Å². The van der Waals surface area contributed by atoms with Gasteiger partial charge in [0, 0.05) is 49.4 Å². The van der Waals surface area contributed by atoms with Crippen molar-refractivity contribution in [2.24, 2.45) is 5.92 Å². The number of carbonyl (C=O) groups excluding carboxylic acids is 1. The molecule has 1 aromatic heterocycles. The monoisotopic (exact) mass is 461 g/mol. The zero-order chi connectivity index (χ0) is 23.5. The second-order valence-electron chi connectivity index (χ2n) is 10.1. The van der Waals surface area contributed by atoms with Crippen molar-refractivity contribution in [2.75, 3.05) is 26.2 Å². The van der Waals surface area contributed by atoms with Gasteiger partial charge in [-0.05, 0) is 68.6 Å². The van der Waals surface area contributed by atoms with Gasteiger partial charge in [0.2, 0.25) is 5.91 Å². The van der Waals surface area contributed by atoms with E-state index in [0.717, 1.165) is 57.2 Å². The van der Waals surface area contributed by atoms with Crippen LogP contribution in [0.15, 0.2) is 42.5 Å². The van der Waals surface area contributed by atoms with Crippen LogP contribution in [-0.4, -0.2) is 57.9 Å². The van der Waals surface area contributed by atoms with Gasteiger partial charge in [0.05, 0.1) is 0 Å². The minimum Gasteiger partial charge on any atom is -0.480 e. The van der Waals surface area contributed by atoms with Gasteiger partial charge in [-0.3, -0.25) is 19.5 Å². The summed E-state index contributed by atoms with van der Waals surface area (Å²) in [5.74, 6) is -0.128. The Morgan fingerprint density at radius 3 is 2.29 bits per heavy atom. The van der Waals surface area contributed by atoms with Gasteiger partial charge in [-0.1, -0.05) is 36.4 Å². The van der Waals surface area contributed by atoms with Crippen LogP contribution in [0.25, 0.3) is 0 Å². The predicted molar refractivity (Wildman–Crippen MR) is 131 cm³/mol. The zero-order valence-corrected chi connectivity index (χ0v) is 19.9. The molecule has 0 radical (unpaired) electrons. The lowest BCUT2D eigenvalue weighted by molar-refractivity contribution is -0.145. The van der Waals surface area contributed by atoms with Gasteiger partial charge < -0.3 is 10.0 Å². The fourth-order valence-electron chi connectivity index (χ4n) is 6.03. The molecular weight excluding hydrogens is 426 g/mol. The molecule has 6 nitrogen and oxygen atoms in total. The van der Waals surface area contributed by atoms with Crippen LogP contribution in [-0.2, 0) is 22.4 Å². The number of pyridine rings is 1.